The van der Waals surface area contributed by atoms with Gasteiger partial charge in [-0.2, -0.15) is 4.98 Å². The molecule has 1 heterocycles. The zero-order valence-electron chi connectivity index (χ0n) is 16.4. The fourth-order valence-electron chi connectivity index (χ4n) is 6.12. The Kier molecular flexibility index (Phi) is 4.19. The van der Waals surface area contributed by atoms with E-state index in [9.17, 15) is 5.11 Å². The Balaban J connectivity index is 1.35. The van der Waals surface area contributed by atoms with Crippen LogP contribution in [0.2, 0.25) is 0 Å². The van der Waals surface area contributed by atoms with Crippen LogP contribution in [0.15, 0.2) is 30.5 Å². The maximum Gasteiger partial charge on any atom is 0.229 e. The van der Waals surface area contributed by atoms with E-state index in [1.54, 1.807) is 0 Å². The highest BCUT2D eigenvalue weighted by atomic mass is 16.3. The number of aliphatic hydroxyl groups is 1. The van der Waals surface area contributed by atoms with E-state index in [1.807, 2.05) is 30.5 Å². The van der Waals surface area contributed by atoms with Crippen LogP contribution < -0.4 is 16.4 Å². The minimum atomic E-state index is 0.192. The van der Waals surface area contributed by atoms with Gasteiger partial charge in [-0.05, 0) is 86.5 Å². The predicted octanol–water partition coefficient (Wildman–Crippen LogP) is 3.71. The van der Waals surface area contributed by atoms with Crippen LogP contribution in [0, 0.1) is 30.1 Å². The smallest absolute Gasteiger partial charge is 0.229 e. The number of aryl methyl sites for hydroxylation is 1. The number of hydrogen-bond acceptors (Lipinski definition) is 6. The zero-order chi connectivity index (χ0) is 19.3. The fraction of sp³-hybridized carbons (Fsp3) is 0.545. The Morgan fingerprint density at radius 2 is 1.86 bits per heavy atom. The molecule has 0 radical (unpaired) electrons. The molecule has 5 N–H and O–H groups in total. The first-order valence-corrected chi connectivity index (χ1v) is 10.4. The van der Waals surface area contributed by atoms with Gasteiger partial charge in [0.1, 0.15) is 5.82 Å². The molecule has 6 rings (SSSR count). The van der Waals surface area contributed by atoms with Gasteiger partial charge in [-0.25, -0.2) is 4.98 Å². The number of nitrogen functional groups attached to an aromatic ring is 1. The molecule has 4 aliphatic rings. The van der Waals surface area contributed by atoms with Crippen molar-refractivity contribution in [2.75, 3.05) is 23.0 Å². The number of nitrogens with zero attached hydrogens (tertiary/aromatic N) is 2. The monoisotopic (exact) mass is 379 g/mol. The standard InChI is InChI=1S/C22H29N5O/c1-13-11-24-21(25-18-4-2-17(23)3-5-18)27-20(13)26-19-15-6-14-7-16(19)10-22(8-14,9-15)12-28/h2-5,11,14-16,19,28H,6-10,12,23H2,1H3,(H2,24,25,26,27). The van der Waals surface area contributed by atoms with Gasteiger partial charge in [0.15, 0.2) is 0 Å². The summed E-state index contributed by atoms with van der Waals surface area (Å²) >= 11 is 0. The lowest BCUT2D eigenvalue weighted by Crippen LogP contribution is -2.57. The van der Waals surface area contributed by atoms with E-state index in [0.29, 0.717) is 30.4 Å². The minimum Gasteiger partial charge on any atom is -0.399 e. The molecule has 28 heavy (non-hydrogen) atoms. The van der Waals surface area contributed by atoms with Crippen LogP contribution in [-0.2, 0) is 0 Å². The number of anilines is 4. The molecule has 4 aliphatic carbocycles. The molecule has 148 valence electrons. The van der Waals surface area contributed by atoms with E-state index in [0.717, 1.165) is 41.5 Å². The maximum absolute atomic E-state index is 9.99. The number of rotatable bonds is 5. The lowest BCUT2D eigenvalue weighted by Gasteiger charge is -2.59. The average Bonchev–Trinajstić information content (AvgIpc) is 2.68. The molecule has 1 aromatic heterocycles. The molecule has 4 fully saturated rings. The van der Waals surface area contributed by atoms with E-state index < -0.39 is 0 Å². The normalized spacial score (nSPS) is 33.1. The second-order valence-corrected chi connectivity index (χ2v) is 9.27. The van der Waals surface area contributed by atoms with E-state index in [4.69, 9.17) is 10.7 Å². The van der Waals surface area contributed by atoms with Gasteiger partial charge >= 0.3 is 0 Å². The Labute approximate surface area is 166 Å². The lowest BCUT2D eigenvalue weighted by atomic mass is 9.48. The third-order valence-corrected chi connectivity index (χ3v) is 7.18. The molecule has 2 atom stereocenters. The second kappa shape index (κ2) is 6.62. The van der Waals surface area contributed by atoms with Crippen LogP contribution in [0.5, 0.6) is 0 Å². The van der Waals surface area contributed by atoms with Gasteiger partial charge < -0.3 is 21.5 Å². The molecule has 0 amide bonds. The zero-order valence-corrected chi connectivity index (χ0v) is 16.4. The van der Waals surface area contributed by atoms with Crippen molar-refractivity contribution in [2.24, 2.45) is 23.2 Å². The summed E-state index contributed by atoms with van der Waals surface area (Å²) in [5, 5.41) is 17.0. The molecule has 4 saturated carbocycles. The summed E-state index contributed by atoms with van der Waals surface area (Å²) in [5.74, 6) is 3.59. The second-order valence-electron chi connectivity index (χ2n) is 9.27. The van der Waals surface area contributed by atoms with Crippen LogP contribution in [0.25, 0.3) is 0 Å². The summed E-state index contributed by atoms with van der Waals surface area (Å²) in [6.07, 6.45) is 7.97. The summed E-state index contributed by atoms with van der Waals surface area (Å²) in [6, 6.07) is 8.03. The van der Waals surface area contributed by atoms with Crippen molar-refractivity contribution in [3.05, 3.63) is 36.0 Å². The van der Waals surface area contributed by atoms with Crippen LogP contribution in [0.1, 0.15) is 37.7 Å². The first kappa shape index (κ1) is 17.7. The Morgan fingerprint density at radius 1 is 1.14 bits per heavy atom. The average molecular weight is 380 g/mol. The quantitative estimate of drug-likeness (QED) is 0.592. The third kappa shape index (κ3) is 3.09. The van der Waals surface area contributed by atoms with Crippen molar-refractivity contribution in [2.45, 2.75) is 45.1 Å². The van der Waals surface area contributed by atoms with Gasteiger partial charge in [-0.1, -0.05) is 0 Å². The maximum atomic E-state index is 9.99. The summed E-state index contributed by atoms with van der Waals surface area (Å²) in [7, 11) is 0. The Morgan fingerprint density at radius 3 is 2.54 bits per heavy atom. The van der Waals surface area contributed by atoms with Crippen molar-refractivity contribution in [1.82, 2.24) is 9.97 Å². The Hall–Kier alpha value is -2.34. The van der Waals surface area contributed by atoms with Crippen molar-refractivity contribution in [3.8, 4) is 0 Å². The topological polar surface area (TPSA) is 96.1 Å². The number of aliphatic hydroxyl groups excluding tert-OH is 1. The van der Waals surface area contributed by atoms with Crippen LogP contribution in [0.3, 0.4) is 0 Å². The molecule has 2 aromatic rings. The highest BCUT2D eigenvalue weighted by Gasteiger charge is 2.55. The van der Waals surface area contributed by atoms with E-state index in [-0.39, 0.29) is 5.41 Å². The van der Waals surface area contributed by atoms with Crippen molar-refractivity contribution in [3.63, 3.8) is 0 Å². The van der Waals surface area contributed by atoms with Crippen LogP contribution in [0.4, 0.5) is 23.1 Å². The highest BCUT2D eigenvalue weighted by molar-refractivity contribution is 5.59. The molecular formula is C22H29N5O. The Bertz CT molecular complexity index is 852. The van der Waals surface area contributed by atoms with Gasteiger partial charge in [0, 0.05) is 35.8 Å². The first-order valence-electron chi connectivity index (χ1n) is 10.4. The number of nitrogens with two attached hydrogens (primary N) is 1. The highest BCUT2D eigenvalue weighted by Crippen LogP contribution is 2.60. The minimum absolute atomic E-state index is 0.192. The van der Waals surface area contributed by atoms with Crippen molar-refractivity contribution in [1.29, 1.82) is 0 Å². The molecule has 1 aromatic carbocycles. The van der Waals surface area contributed by atoms with Gasteiger partial charge in [-0.15, -0.1) is 0 Å². The van der Waals surface area contributed by atoms with Crippen LogP contribution >= 0.6 is 0 Å². The SMILES string of the molecule is Cc1cnc(Nc2ccc(N)cc2)nc1NC1C2CC3CC1CC(CO)(C3)C2. The molecule has 6 nitrogen and oxygen atoms in total. The third-order valence-electron chi connectivity index (χ3n) is 7.18. The number of benzene rings is 1. The molecule has 2 unspecified atom stereocenters. The molecule has 4 bridgehead atoms. The molecule has 0 saturated heterocycles. The van der Waals surface area contributed by atoms with Crippen molar-refractivity contribution >= 4 is 23.1 Å². The van der Waals surface area contributed by atoms with Gasteiger partial charge in [0.05, 0.1) is 0 Å². The summed E-state index contributed by atoms with van der Waals surface area (Å²) in [4.78, 5) is 9.20. The van der Waals surface area contributed by atoms with E-state index in [2.05, 4.69) is 22.5 Å². The molecule has 0 aliphatic heterocycles. The fourth-order valence-corrected chi connectivity index (χ4v) is 6.12. The van der Waals surface area contributed by atoms with E-state index >= 15 is 0 Å². The number of hydrogen-bond donors (Lipinski definition) is 4. The number of aromatic nitrogens is 2. The van der Waals surface area contributed by atoms with Gasteiger partial charge in [0.25, 0.3) is 0 Å². The lowest BCUT2D eigenvalue weighted by molar-refractivity contribution is -0.0869. The molecule has 6 heteroatoms. The summed E-state index contributed by atoms with van der Waals surface area (Å²) in [6.45, 7) is 2.41. The molecule has 0 spiro atoms. The summed E-state index contributed by atoms with van der Waals surface area (Å²) < 4.78 is 0. The van der Waals surface area contributed by atoms with Crippen LogP contribution in [-0.4, -0.2) is 27.7 Å². The van der Waals surface area contributed by atoms with Gasteiger partial charge in [-0.3, -0.25) is 0 Å². The van der Waals surface area contributed by atoms with Crippen molar-refractivity contribution < 1.29 is 5.11 Å². The first-order chi connectivity index (χ1) is 13.5. The van der Waals surface area contributed by atoms with Gasteiger partial charge in [0.2, 0.25) is 5.95 Å². The predicted molar refractivity (Wildman–Crippen MR) is 111 cm³/mol. The molecular weight excluding hydrogens is 350 g/mol. The van der Waals surface area contributed by atoms with E-state index in [1.165, 1.54) is 19.3 Å². The number of nitrogens with one attached hydrogen (secondary N) is 2. The summed E-state index contributed by atoms with van der Waals surface area (Å²) in [5.41, 5.74) is 8.67. The largest absolute Gasteiger partial charge is 0.399 e.